The molecule has 35 heavy (non-hydrogen) atoms. The minimum absolute atomic E-state index is 0.214. The van der Waals surface area contributed by atoms with Gasteiger partial charge in [0.2, 0.25) is 0 Å². The highest BCUT2D eigenvalue weighted by Crippen LogP contribution is 2.40. The van der Waals surface area contributed by atoms with Gasteiger partial charge in [-0.05, 0) is 46.3 Å². The zero-order valence-corrected chi connectivity index (χ0v) is 22.2. The van der Waals surface area contributed by atoms with Crippen molar-refractivity contribution in [2.24, 2.45) is 0 Å². The third kappa shape index (κ3) is 5.20. The molecule has 3 aromatic carbocycles. The fourth-order valence-electron chi connectivity index (χ4n) is 5.25. The van der Waals surface area contributed by atoms with E-state index in [9.17, 15) is 9.19 Å². The second kappa shape index (κ2) is 11.0. The third-order valence-electron chi connectivity index (χ3n) is 7.27. The fourth-order valence-corrected chi connectivity index (χ4v) is 9.27. The first-order chi connectivity index (χ1) is 16.9. The molecule has 5 heteroatoms. The third-order valence-corrected chi connectivity index (χ3v) is 12.1. The zero-order chi connectivity index (χ0) is 24.9. The summed E-state index contributed by atoms with van der Waals surface area (Å²) in [5, 5.41) is 3.29. The highest BCUT2D eigenvalue weighted by atomic mass is 35.5. The van der Waals surface area contributed by atoms with Gasteiger partial charge in [0.15, 0.2) is 0 Å². The highest BCUT2D eigenvalue weighted by molar-refractivity contribution is 6.98. The summed E-state index contributed by atoms with van der Waals surface area (Å²) in [5.74, 6) is 0.0635. The van der Waals surface area contributed by atoms with Crippen molar-refractivity contribution in [2.75, 3.05) is 0 Å². The first kappa shape index (κ1) is 25.6. The van der Waals surface area contributed by atoms with Crippen molar-refractivity contribution in [2.45, 2.75) is 56.9 Å². The molecule has 0 aliphatic rings. The van der Waals surface area contributed by atoms with Gasteiger partial charge in [-0.1, -0.05) is 99.5 Å². The van der Waals surface area contributed by atoms with Crippen LogP contribution in [0.15, 0.2) is 85.1 Å². The van der Waals surface area contributed by atoms with Gasteiger partial charge >= 0.3 is 0 Å². The summed E-state index contributed by atoms with van der Waals surface area (Å²) in [5.41, 5.74) is 1.69. The molecule has 0 aliphatic carbocycles. The lowest BCUT2D eigenvalue weighted by Crippen LogP contribution is -2.65. The summed E-state index contributed by atoms with van der Waals surface area (Å²) in [6.45, 7) is 4.41. The van der Waals surface area contributed by atoms with Crippen molar-refractivity contribution < 1.29 is 9.19 Å². The van der Waals surface area contributed by atoms with Crippen LogP contribution in [-0.4, -0.2) is 18.1 Å². The first-order valence-corrected chi connectivity index (χ1v) is 14.8. The number of nitrogens with zero attached hydrogens (tertiary/aromatic N) is 1. The highest BCUT2D eigenvalue weighted by Gasteiger charge is 2.49. The van der Waals surface area contributed by atoms with E-state index in [1.807, 2.05) is 42.5 Å². The van der Waals surface area contributed by atoms with Crippen LogP contribution in [0.25, 0.3) is 10.8 Å². The quantitative estimate of drug-likeness (QED) is 0.147. The Morgan fingerprint density at radius 2 is 1.49 bits per heavy atom. The molecule has 182 valence electrons. The monoisotopic (exact) mass is 505 g/mol. The Morgan fingerprint density at radius 1 is 0.857 bits per heavy atom. The van der Waals surface area contributed by atoms with E-state index in [2.05, 4.69) is 43.1 Å². The van der Waals surface area contributed by atoms with E-state index in [1.165, 1.54) is 6.07 Å². The van der Waals surface area contributed by atoms with E-state index in [0.29, 0.717) is 5.39 Å². The maximum atomic E-state index is 14.7. The molecular weight excluding hydrogens is 473 g/mol. The van der Waals surface area contributed by atoms with Gasteiger partial charge in [0.25, 0.3) is 8.32 Å². The number of pyridine rings is 1. The molecular formula is C30H33ClFNOSi. The van der Waals surface area contributed by atoms with Crippen molar-refractivity contribution in [1.29, 1.82) is 0 Å². The number of hydrogen-bond donors (Lipinski definition) is 1. The number of hydrogen-bond acceptors (Lipinski definition) is 2. The van der Waals surface area contributed by atoms with Crippen molar-refractivity contribution in [3.63, 3.8) is 0 Å². The van der Waals surface area contributed by atoms with E-state index in [0.717, 1.165) is 59.1 Å². The lowest BCUT2D eigenvalue weighted by atomic mass is 9.97. The number of rotatable bonds is 10. The smallest absolute Gasteiger partial charge is 0.258 e. The molecule has 1 heterocycles. The summed E-state index contributed by atoms with van der Waals surface area (Å²) >= 11 is 6.14. The van der Waals surface area contributed by atoms with Gasteiger partial charge in [0.05, 0.1) is 11.6 Å². The molecule has 0 fully saturated rings. The van der Waals surface area contributed by atoms with Gasteiger partial charge < -0.3 is 4.80 Å². The lowest BCUT2D eigenvalue weighted by Gasteiger charge is -2.41. The van der Waals surface area contributed by atoms with Crippen LogP contribution in [0, 0.1) is 5.82 Å². The van der Waals surface area contributed by atoms with E-state index in [1.54, 1.807) is 12.3 Å². The van der Waals surface area contributed by atoms with E-state index in [4.69, 9.17) is 11.6 Å². The van der Waals surface area contributed by atoms with Crippen molar-refractivity contribution >= 4 is 41.1 Å². The number of aryl methyl sites for hydroxylation is 1. The topological polar surface area (TPSA) is 33.1 Å². The molecule has 0 saturated heterocycles. The molecule has 0 saturated carbocycles. The predicted molar refractivity (Wildman–Crippen MR) is 148 cm³/mol. The molecule has 1 aromatic heterocycles. The SMILES string of the molecule is CC(C)(CCCCCc1c(CCl)ncc2cccc(F)c12)[Si](O)(c1ccccc1)c1ccccc1. The van der Waals surface area contributed by atoms with Crippen LogP contribution in [0.2, 0.25) is 5.04 Å². The van der Waals surface area contributed by atoms with Crippen LogP contribution in [0.4, 0.5) is 4.39 Å². The Bertz CT molecular complexity index is 1220. The normalized spacial score (nSPS) is 12.3. The summed E-state index contributed by atoms with van der Waals surface area (Å²) in [6, 6.07) is 25.4. The number of fused-ring (bicyclic) bond motifs is 1. The molecule has 0 amide bonds. The molecule has 0 atom stereocenters. The van der Waals surface area contributed by atoms with Gasteiger partial charge in [-0.15, -0.1) is 11.6 Å². The van der Waals surface area contributed by atoms with Gasteiger partial charge in [-0.25, -0.2) is 4.39 Å². The van der Waals surface area contributed by atoms with E-state index >= 15 is 0 Å². The zero-order valence-electron chi connectivity index (χ0n) is 20.5. The summed E-state index contributed by atoms with van der Waals surface area (Å²) in [6.07, 6.45) is 6.26. The Morgan fingerprint density at radius 3 is 2.09 bits per heavy atom. The number of aromatic nitrogens is 1. The molecule has 0 unspecified atom stereocenters. The van der Waals surface area contributed by atoms with Crippen LogP contribution in [-0.2, 0) is 12.3 Å². The maximum Gasteiger partial charge on any atom is 0.258 e. The minimum Gasteiger partial charge on any atom is -0.424 e. The molecule has 0 spiro atoms. The molecule has 0 radical (unpaired) electrons. The fraction of sp³-hybridized carbons (Fsp3) is 0.300. The average molecular weight is 506 g/mol. The first-order valence-electron chi connectivity index (χ1n) is 12.3. The summed E-state index contributed by atoms with van der Waals surface area (Å²) in [4.78, 5) is 16.8. The minimum atomic E-state index is -2.99. The van der Waals surface area contributed by atoms with Crippen LogP contribution < -0.4 is 10.4 Å². The Balaban J connectivity index is 1.48. The molecule has 0 aliphatic heterocycles. The Kier molecular flexibility index (Phi) is 8.05. The summed E-state index contributed by atoms with van der Waals surface area (Å²) in [7, 11) is -2.99. The van der Waals surface area contributed by atoms with Crippen LogP contribution in [0.3, 0.4) is 0 Å². The molecule has 0 bridgehead atoms. The number of halogens is 2. The Labute approximate surface area is 213 Å². The van der Waals surface area contributed by atoms with Crippen LogP contribution in [0.5, 0.6) is 0 Å². The van der Waals surface area contributed by atoms with Gasteiger partial charge in [0, 0.05) is 17.0 Å². The van der Waals surface area contributed by atoms with Crippen LogP contribution in [0.1, 0.15) is 50.8 Å². The molecule has 4 rings (SSSR count). The van der Waals surface area contributed by atoms with Gasteiger partial charge in [-0.2, -0.15) is 0 Å². The Hall–Kier alpha value is -2.53. The average Bonchev–Trinajstić information content (AvgIpc) is 2.89. The lowest BCUT2D eigenvalue weighted by molar-refractivity contribution is 0.449. The van der Waals surface area contributed by atoms with Crippen molar-refractivity contribution in [1.82, 2.24) is 4.98 Å². The number of alkyl halides is 1. The maximum absolute atomic E-state index is 14.7. The predicted octanol–water partition coefficient (Wildman–Crippen LogP) is 6.75. The van der Waals surface area contributed by atoms with E-state index < -0.39 is 8.32 Å². The van der Waals surface area contributed by atoms with Gasteiger partial charge in [-0.3, -0.25) is 4.98 Å². The van der Waals surface area contributed by atoms with Crippen molar-refractivity contribution in [3.8, 4) is 0 Å². The molecule has 1 N–H and O–H groups in total. The summed E-state index contributed by atoms with van der Waals surface area (Å²) < 4.78 is 14.7. The second-order valence-corrected chi connectivity index (χ2v) is 14.1. The van der Waals surface area contributed by atoms with E-state index in [-0.39, 0.29) is 16.7 Å². The van der Waals surface area contributed by atoms with Gasteiger partial charge in [0.1, 0.15) is 5.82 Å². The molecule has 2 nitrogen and oxygen atoms in total. The number of unbranched alkanes of at least 4 members (excludes halogenated alkanes) is 2. The largest absolute Gasteiger partial charge is 0.424 e. The number of benzene rings is 3. The second-order valence-electron chi connectivity index (χ2n) is 9.91. The molecule has 4 aromatic rings. The van der Waals surface area contributed by atoms with Crippen molar-refractivity contribution in [3.05, 3.63) is 102 Å². The van der Waals surface area contributed by atoms with Crippen LogP contribution >= 0.6 is 11.6 Å². The standard InChI is InChI=1S/C30H33ClFNOSi/c1-30(2,35(34,24-14-6-3-7-15-24)25-16-8-4-9-17-25)20-11-5-10-18-26-28(21-31)33-22-23-13-12-19-27(32)29(23)26/h3-4,6-9,12-17,19,22,34H,5,10-11,18,20-21H2,1-2H3.